The maximum atomic E-state index is 2.37. The number of hydrogen-bond donors (Lipinski definition) is 0. The molecule has 2 aliphatic rings. The van der Waals surface area contributed by atoms with Crippen LogP contribution in [-0.4, -0.2) is 31.5 Å². The van der Waals surface area contributed by atoms with Gasteiger partial charge in [-0.2, -0.15) is 83.5 Å². The fraction of sp³-hybridized carbons (Fsp3) is 0.462. The van der Waals surface area contributed by atoms with E-state index in [4.69, 9.17) is 0 Å². The van der Waals surface area contributed by atoms with E-state index in [2.05, 4.69) is 186 Å². The van der Waals surface area contributed by atoms with Crippen LogP contribution < -0.4 is 0 Å². The molecule has 4 heteroatoms. The predicted molar refractivity (Wildman–Crippen MR) is 251 cm³/mol. The van der Waals surface area contributed by atoms with Gasteiger partial charge in [-0.05, 0) is 0 Å². The van der Waals surface area contributed by atoms with E-state index in [1.54, 1.807) is 0 Å². The summed E-state index contributed by atoms with van der Waals surface area (Å²) in [5.74, 6) is 0. The van der Waals surface area contributed by atoms with Gasteiger partial charge in [0.1, 0.15) is 0 Å². The Morgan fingerprint density at radius 2 is 0.500 bits per heavy atom. The van der Waals surface area contributed by atoms with Crippen molar-refractivity contribution in [3.63, 3.8) is 0 Å². The average Bonchev–Trinajstić information content (AvgIpc) is 3.89. The molecule has 0 aromatic heterocycles. The molecule has 0 aliphatic carbocycles. The van der Waals surface area contributed by atoms with Gasteiger partial charge in [0, 0.05) is 80.8 Å². The van der Waals surface area contributed by atoms with Crippen molar-refractivity contribution in [3.05, 3.63) is 153 Å². The average molecular weight is 1150 g/mol. The molecule has 315 valence electrons. The molecule has 4 aromatic rings. The van der Waals surface area contributed by atoms with E-state index in [0.717, 1.165) is 0 Å². The van der Waals surface area contributed by atoms with Crippen LogP contribution in [0.4, 0.5) is 0 Å². The minimum Gasteiger partial charge on any atom is -0.731 e. The molecule has 0 N–H and O–H groups in total. The molecule has 1 radical (unpaired) electrons. The summed E-state index contributed by atoms with van der Waals surface area (Å²) >= 11 is 0.685. The summed E-state index contributed by atoms with van der Waals surface area (Å²) in [6, 6.07) is 0. The standard InChI is InChI=1S/4C10H15.C6H9As.C6H8As.2Sm/c4*1-6-7(2)9(4)10(5)8(6)3;2*1-5-3-7-4-6(5)2;;/h4*1-5H3;3-4,7H,1-2H3;3-4H,1-2H3;;/q-5;3*-1;;;;. The molecule has 0 spiro atoms. The van der Waals surface area contributed by atoms with Crippen LogP contribution in [0.15, 0.2) is 41.7 Å². The van der Waals surface area contributed by atoms with Gasteiger partial charge >= 0.3 is 101 Å². The molecule has 0 nitrogen and oxygen atoms in total. The Morgan fingerprint density at radius 3 is 0.571 bits per heavy atom. The van der Waals surface area contributed by atoms with E-state index in [1.807, 2.05) is 0 Å². The van der Waals surface area contributed by atoms with Crippen LogP contribution in [0, 0.1) is 219 Å². The Kier molecular flexibility index (Phi) is 27.5. The Labute approximate surface area is 425 Å². The Bertz CT molecular complexity index is 1420. The van der Waals surface area contributed by atoms with Crippen molar-refractivity contribution in [2.45, 2.75) is 166 Å². The van der Waals surface area contributed by atoms with Gasteiger partial charge in [-0.25, -0.2) is 34.6 Å². The second kappa shape index (κ2) is 26.5. The smallest absolute Gasteiger partial charge is 0 e. The molecule has 6 rings (SSSR count). The molecule has 56 heavy (non-hydrogen) atoms. The molecular weight excluding hydrogens is 1080 g/mol. The second-order valence-corrected chi connectivity index (χ2v) is 19.7. The Morgan fingerprint density at radius 1 is 0.321 bits per heavy atom. The van der Waals surface area contributed by atoms with Crippen LogP contribution in [0.25, 0.3) is 0 Å². The zero-order chi connectivity index (χ0) is 42.1. The van der Waals surface area contributed by atoms with Gasteiger partial charge in [0.2, 0.25) is 0 Å². The predicted octanol–water partition coefficient (Wildman–Crippen LogP) is 14.5. The van der Waals surface area contributed by atoms with Crippen LogP contribution >= 0.6 is 0 Å². The molecule has 4 aromatic carbocycles. The molecule has 2 aliphatic heterocycles. The molecule has 2 heterocycles. The summed E-state index contributed by atoms with van der Waals surface area (Å²) in [5, 5.41) is 0. The van der Waals surface area contributed by atoms with E-state index < -0.39 is 0 Å². The molecule has 0 atom stereocenters. The second-order valence-electron chi connectivity index (χ2n) is 16.1. The molecular formula is C52H77As2Sm2-8. The van der Waals surface area contributed by atoms with Crippen molar-refractivity contribution >= 4 is 31.5 Å². The van der Waals surface area contributed by atoms with Crippen LogP contribution in [-0.2, 0) is 0 Å². The molecule has 0 saturated carbocycles. The van der Waals surface area contributed by atoms with Crippen molar-refractivity contribution < 1.29 is 80.8 Å². The third-order valence-corrected chi connectivity index (χ3v) is 18.4. The SMILES string of the molecule is CC1=C[AsH]C=C1C.CC1=C[As]C=C1C.C[c-]1[c-](C)[c-](C)[c-](C)[c-]1C.Cc1c(C)c(C)[c-](C)c1C.Cc1c(C)c(C)[c-](C)c1C.Cc1c(C)c(C)[c-](C)c1C.[Sm].[Sm]. The maximum absolute atomic E-state index is 2.37. The first kappa shape index (κ1) is 58.2. The van der Waals surface area contributed by atoms with Gasteiger partial charge in [0.25, 0.3) is 0 Å². The topological polar surface area (TPSA) is 0 Å². The van der Waals surface area contributed by atoms with Crippen molar-refractivity contribution in [1.29, 1.82) is 0 Å². The Hall–Kier alpha value is 0.152. The largest absolute Gasteiger partial charge is 0.731 e. The van der Waals surface area contributed by atoms with Crippen LogP contribution in [0.5, 0.6) is 0 Å². The Balaban J connectivity index is 0. The monoisotopic (exact) mass is 1160 g/mol. The molecule has 0 bridgehead atoms. The fourth-order valence-corrected chi connectivity index (χ4v) is 10.7. The zero-order valence-corrected chi connectivity index (χ0v) is 49.3. The first-order chi connectivity index (χ1) is 24.8. The van der Waals surface area contributed by atoms with Crippen LogP contribution in [0.1, 0.15) is 139 Å². The minimum absolute atomic E-state index is 0. The van der Waals surface area contributed by atoms with E-state index in [-0.39, 0.29) is 96.5 Å². The van der Waals surface area contributed by atoms with Crippen molar-refractivity contribution in [3.8, 4) is 0 Å². The van der Waals surface area contributed by atoms with E-state index in [1.165, 1.54) is 134 Å². The normalized spacial score (nSPS) is 12.3. The number of allylic oxidation sites excluding steroid dienone is 4. The van der Waals surface area contributed by atoms with E-state index in [9.17, 15) is 0 Å². The van der Waals surface area contributed by atoms with Crippen LogP contribution in [0.3, 0.4) is 0 Å². The maximum Gasteiger partial charge on any atom is 0 e. The quantitative estimate of drug-likeness (QED) is 0.122. The fourth-order valence-electron chi connectivity index (χ4n) is 6.61. The van der Waals surface area contributed by atoms with Gasteiger partial charge in [-0.1, -0.05) is 104 Å². The van der Waals surface area contributed by atoms with Gasteiger partial charge in [0.15, 0.2) is 0 Å². The number of hydrogen-bond acceptors (Lipinski definition) is 0. The van der Waals surface area contributed by atoms with E-state index in [0.29, 0.717) is 15.8 Å². The summed E-state index contributed by atoms with van der Waals surface area (Å²) in [7, 11) is 0. The van der Waals surface area contributed by atoms with Gasteiger partial charge in [-0.15, -0.1) is 0 Å². The van der Waals surface area contributed by atoms with Crippen molar-refractivity contribution in [1.82, 2.24) is 0 Å². The van der Waals surface area contributed by atoms with Gasteiger partial charge in [-0.3, -0.25) is 0 Å². The molecule has 0 fully saturated rings. The summed E-state index contributed by atoms with van der Waals surface area (Å²) in [6.45, 7) is 52.7. The third-order valence-electron chi connectivity index (χ3n) is 13.6. The molecule has 0 unspecified atom stereocenters. The first-order valence-electron chi connectivity index (χ1n) is 19.7. The van der Waals surface area contributed by atoms with E-state index >= 15 is 0 Å². The minimum atomic E-state index is 0. The first-order valence-corrected chi connectivity index (χ1v) is 24.3. The third kappa shape index (κ3) is 15.3. The van der Waals surface area contributed by atoms with Gasteiger partial charge in [0.05, 0.1) is 0 Å². The van der Waals surface area contributed by atoms with Crippen molar-refractivity contribution in [2.75, 3.05) is 0 Å². The van der Waals surface area contributed by atoms with Crippen molar-refractivity contribution in [2.24, 2.45) is 0 Å². The zero-order valence-electron chi connectivity index (χ0n) is 40.1. The summed E-state index contributed by atoms with van der Waals surface area (Å²) < 4.78 is 0. The number of rotatable bonds is 0. The summed E-state index contributed by atoms with van der Waals surface area (Å²) in [5.41, 5.74) is 35.3. The van der Waals surface area contributed by atoms with Gasteiger partial charge < -0.3 is 27.8 Å². The molecule has 0 saturated heterocycles. The summed E-state index contributed by atoms with van der Waals surface area (Å²) in [4.78, 5) is 9.42. The van der Waals surface area contributed by atoms with Crippen LogP contribution in [0.2, 0.25) is 0 Å². The molecule has 0 amide bonds. The summed E-state index contributed by atoms with van der Waals surface area (Å²) in [6.07, 6.45) is 0.